The molecule has 154 valence electrons. The second kappa shape index (κ2) is 7.62. The third-order valence-electron chi connectivity index (χ3n) is 6.47. The molecular formula is C25H28N4S. The van der Waals surface area contributed by atoms with Crippen molar-refractivity contribution in [3.05, 3.63) is 82.9 Å². The molecule has 2 aliphatic rings. The summed E-state index contributed by atoms with van der Waals surface area (Å²) in [6.07, 6.45) is 3.02. The molecule has 2 aromatic heterocycles. The number of pyridine rings is 1. The molecule has 3 aromatic rings. The Morgan fingerprint density at radius 3 is 2.60 bits per heavy atom. The first-order valence-corrected chi connectivity index (χ1v) is 11.7. The lowest BCUT2D eigenvalue weighted by Gasteiger charge is -2.32. The Bertz CT molecular complexity index is 1100. The van der Waals surface area contributed by atoms with E-state index in [0.29, 0.717) is 6.04 Å². The molecule has 1 saturated heterocycles. The van der Waals surface area contributed by atoms with Gasteiger partial charge in [0.05, 0.1) is 11.7 Å². The first-order chi connectivity index (χ1) is 14.6. The van der Waals surface area contributed by atoms with Crippen molar-refractivity contribution < 1.29 is 0 Å². The van der Waals surface area contributed by atoms with Crippen LogP contribution in [-0.4, -0.2) is 31.4 Å². The standard InChI is InChI=1S/C25H28N4S/c1-5-19-15-30-25-27-23(21-11-8-9-13-26-21)24(29(19)25)20-14-17(3)28(18(20)4)22-12-7-6-10-16(22)2/h6-14,19,23-24H,5,15H2,1-4H3. The van der Waals surface area contributed by atoms with Gasteiger partial charge in [-0.15, -0.1) is 0 Å². The van der Waals surface area contributed by atoms with E-state index in [4.69, 9.17) is 9.98 Å². The summed E-state index contributed by atoms with van der Waals surface area (Å²) < 4.78 is 2.41. The van der Waals surface area contributed by atoms with Gasteiger partial charge in [0.25, 0.3) is 0 Å². The number of hydrogen-bond acceptors (Lipinski definition) is 4. The minimum atomic E-state index is 0.0360. The number of fused-ring (bicyclic) bond motifs is 1. The highest BCUT2D eigenvalue weighted by Crippen LogP contribution is 2.49. The van der Waals surface area contributed by atoms with E-state index in [-0.39, 0.29) is 12.1 Å². The van der Waals surface area contributed by atoms with E-state index in [9.17, 15) is 0 Å². The molecule has 0 N–H and O–H groups in total. The quantitative estimate of drug-likeness (QED) is 0.541. The summed E-state index contributed by atoms with van der Waals surface area (Å²) in [5.74, 6) is 1.12. The number of aromatic nitrogens is 2. The fourth-order valence-electron chi connectivity index (χ4n) is 4.96. The summed E-state index contributed by atoms with van der Waals surface area (Å²) in [7, 11) is 0. The van der Waals surface area contributed by atoms with Gasteiger partial charge in [0.1, 0.15) is 6.04 Å². The lowest BCUT2D eigenvalue weighted by Crippen LogP contribution is -2.35. The molecule has 3 atom stereocenters. The fraction of sp³-hybridized carbons (Fsp3) is 0.360. The van der Waals surface area contributed by atoms with Crippen molar-refractivity contribution in [3.63, 3.8) is 0 Å². The number of para-hydroxylation sites is 1. The third kappa shape index (κ3) is 2.99. The molecule has 0 radical (unpaired) electrons. The van der Waals surface area contributed by atoms with Crippen molar-refractivity contribution >= 4 is 16.9 Å². The van der Waals surface area contributed by atoms with Gasteiger partial charge < -0.3 is 9.47 Å². The average molecular weight is 417 g/mol. The summed E-state index contributed by atoms with van der Waals surface area (Å²) in [4.78, 5) is 12.5. The lowest BCUT2D eigenvalue weighted by atomic mass is 9.95. The maximum atomic E-state index is 5.18. The molecule has 0 spiro atoms. The lowest BCUT2D eigenvalue weighted by molar-refractivity contribution is 0.254. The largest absolute Gasteiger partial charge is 0.338 e. The zero-order valence-electron chi connectivity index (χ0n) is 18.0. The Morgan fingerprint density at radius 1 is 1.07 bits per heavy atom. The molecule has 4 heterocycles. The Morgan fingerprint density at radius 2 is 1.87 bits per heavy atom. The van der Waals surface area contributed by atoms with E-state index in [0.717, 1.165) is 17.9 Å². The van der Waals surface area contributed by atoms with Crippen molar-refractivity contribution in [2.45, 2.75) is 52.2 Å². The van der Waals surface area contributed by atoms with Gasteiger partial charge >= 0.3 is 0 Å². The molecule has 1 aromatic carbocycles. The molecule has 0 bridgehead atoms. The van der Waals surface area contributed by atoms with Gasteiger partial charge in [-0.1, -0.05) is 43.0 Å². The Balaban J connectivity index is 1.66. The van der Waals surface area contributed by atoms with Gasteiger partial charge in [0.15, 0.2) is 5.17 Å². The molecule has 0 aliphatic carbocycles. The molecule has 1 fully saturated rings. The summed E-state index contributed by atoms with van der Waals surface area (Å²) >= 11 is 1.90. The van der Waals surface area contributed by atoms with Crippen molar-refractivity contribution in [1.29, 1.82) is 0 Å². The summed E-state index contributed by atoms with van der Waals surface area (Å²) in [5.41, 5.74) is 7.54. The molecule has 0 amide bonds. The van der Waals surface area contributed by atoms with Gasteiger partial charge in [0.2, 0.25) is 0 Å². The maximum absolute atomic E-state index is 5.18. The molecule has 30 heavy (non-hydrogen) atoms. The first kappa shape index (κ1) is 19.4. The number of aliphatic imine (C=N–C) groups is 1. The molecule has 5 heteroatoms. The topological polar surface area (TPSA) is 33.4 Å². The van der Waals surface area contributed by atoms with Crippen molar-refractivity contribution in [3.8, 4) is 5.69 Å². The molecule has 0 saturated carbocycles. The first-order valence-electron chi connectivity index (χ1n) is 10.7. The van der Waals surface area contributed by atoms with E-state index in [1.807, 2.05) is 24.0 Å². The second-order valence-corrected chi connectivity index (χ2v) is 9.27. The molecular weight excluding hydrogens is 388 g/mol. The van der Waals surface area contributed by atoms with Gasteiger partial charge in [-0.05, 0) is 62.6 Å². The number of amidine groups is 1. The Kier molecular flexibility index (Phi) is 4.94. The SMILES string of the molecule is CCC1CSC2=NC(c3ccccn3)C(c3cc(C)n(-c4ccccc4C)c3C)N21. The van der Waals surface area contributed by atoms with E-state index in [1.165, 1.54) is 33.4 Å². The Hall–Kier alpha value is -2.53. The van der Waals surface area contributed by atoms with Gasteiger partial charge in [0, 0.05) is 35.1 Å². The third-order valence-corrected chi connectivity index (χ3v) is 7.60. The molecule has 4 nitrogen and oxygen atoms in total. The Labute approximate surface area is 183 Å². The number of thioether (sulfide) groups is 1. The highest BCUT2D eigenvalue weighted by atomic mass is 32.2. The number of aryl methyl sites for hydroxylation is 2. The van der Waals surface area contributed by atoms with Crippen LogP contribution >= 0.6 is 11.8 Å². The van der Waals surface area contributed by atoms with Gasteiger partial charge in [-0.2, -0.15) is 0 Å². The van der Waals surface area contributed by atoms with Crippen LogP contribution in [0.1, 0.15) is 53.6 Å². The number of benzene rings is 1. The second-order valence-electron chi connectivity index (χ2n) is 8.28. The van der Waals surface area contributed by atoms with Crippen LogP contribution in [0.4, 0.5) is 0 Å². The predicted octanol–water partition coefficient (Wildman–Crippen LogP) is 5.78. The van der Waals surface area contributed by atoms with Crippen LogP contribution in [0, 0.1) is 20.8 Å². The highest BCUT2D eigenvalue weighted by Gasteiger charge is 2.46. The zero-order chi connectivity index (χ0) is 20.8. The van der Waals surface area contributed by atoms with Crippen molar-refractivity contribution in [2.24, 2.45) is 4.99 Å². The normalized spacial score (nSPS) is 23.0. The summed E-state index contributed by atoms with van der Waals surface area (Å²) in [5, 5.41) is 1.18. The minimum Gasteiger partial charge on any atom is -0.338 e. The van der Waals surface area contributed by atoms with Crippen LogP contribution < -0.4 is 0 Å². The van der Waals surface area contributed by atoms with Crippen LogP contribution in [0.25, 0.3) is 5.69 Å². The van der Waals surface area contributed by atoms with Crippen LogP contribution in [0.5, 0.6) is 0 Å². The number of nitrogens with zero attached hydrogens (tertiary/aromatic N) is 4. The summed E-state index contributed by atoms with van der Waals surface area (Å²) in [6.45, 7) is 8.94. The highest BCUT2D eigenvalue weighted by molar-refractivity contribution is 8.14. The van der Waals surface area contributed by atoms with Crippen molar-refractivity contribution in [1.82, 2.24) is 14.5 Å². The van der Waals surface area contributed by atoms with E-state index >= 15 is 0 Å². The predicted molar refractivity (Wildman–Crippen MR) is 126 cm³/mol. The fourth-order valence-corrected chi connectivity index (χ4v) is 6.30. The maximum Gasteiger partial charge on any atom is 0.160 e. The molecule has 3 unspecified atom stereocenters. The van der Waals surface area contributed by atoms with Crippen molar-refractivity contribution in [2.75, 3.05) is 5.75 Å². The van der Waals surface area contributed by atoms with Gasteiger partial charge in [-0.3, -0.25) is 9.98 Å². The van der Waals surface area contributed by atoms with E-state index in [2.05, 4.69) is 79.6 Å². The minimum absolute atomic E-state index is 0.0360. The van der Waals surface area contributed by atoms with Crippen LogP contribution in [0.2, 0.25) is 0 Å². The van der Waals surface area contributed by atoms with Gasteiger partial charge in [-0.25, -0.2) is 0 Å². The van der Waals surface area contributed by atoms with E-state index < -0.39 is 0 Å². The zero-order valence-corrected chi connectivity index (χ0v) is 18.9. The molecule has 5 rings (SSSR count). The molecule has 2 aliphatic heterocycles. The van der Waals surface area contributed by atoms with E-state index in [1.54, 1.807) is 0 Å². The number of rotatable bonds is 4. The van der Waals surface area contributed by atoms with Crippen LogP contribution in [-0.2, 0) is 0 Å². The average Bonchev–Trinajstić information content (AvgIpc) is 3.41. The monoisotopic (exact) mass is 416 g/mol. The number of hydrogen-bond donors (Lipinski definition) is 0. The summed E-state index contributed by atoms with van der Waals surface area (Å²) in [6, 6.07) is 17.9. The van der Waals surface area contributed by atoms with Crippen LogP contribution in [0.3, 0.4) is 0 Å². The smallest absolute Gasteiger partial charge is 0.160 e. The van der Waals surface area contributed by atoms with Crippen LogP contribution in [0.15, 0.2) is 59.7 Å².